The fraction of sp³-hybridized carbons (Fsp3) is 0.900. The number of rotatable bonds is 2. The molecule has 1 aliphatic carbocycles. The molecule has 11 heavy (non-hydrogen) atoms. The zero-order chi connectivity index (χ0) is 8.48. The zero-order valence-electron chi connectivity index (χ0n) is 7.76. The highest BCUT2D eigenvalue weighted by Crippen LogP contribution is 2.48. The predicted molar refractivity (Wildman–Crippen MR) is 46.4 cm³/mol. The van der Waals surface area contributed by atoms with Crippen LogP contribution in [0.25, 0.3) is 0 Å². The Morgan fingerprint density at radius 1 is 1.45 bits per heavy atom. The molecule has 0 radical (unpaired) electrons. The molecule has 64 valence electrons. The van der Waals surface area contributed by atoms with Gasteiger partial charge in [-0.05, 0) is 30.1 Å². The van der Waals surface area contributed by atoms with Crippen molar-refractivity contribution in [3.05, 3.63) is 0 Å². The summed E-state index contributed by atoms with van der Waals surface area (Å²) in [4.78, 5) is 10.4. The molecule has 1 aliphatic rings. The molecular formula is C10H18O. The van der Waals surface area contributed by atoms with E-state index >= 15 is 0 Å². The Labute approximate surface area is 69.2 Å². The summed E-state index contributed by atoms with van der Waals surface area (Å²) in [6.45, 7) is 6.88. The molecule has 1 fully saturated rings. The average molecular weight is 154 g/mol. The van der Waals surface area contributed by atoms with Crippen molar-refractivity contribution >= 4 is 6.29 Å². The lowest BCUT2D eigenvalue weighted by Gasteiger charge is -2.30. The van der Waals surface area contributed by atoms with Crippen LogP contribution in [-0.2, 0) is 4.79 Å². The monoisotopic (exact) mass is 154 g/mol. The summed E-state index contributed by atoms with van der Waals surface area (Å²) in [6, 6.07) is 0. The van der Waals surface area contributed by atoms with Crippen LogP contribution in [0.15, 0.2) is 0 Å². The Balaban J connectivity index is 2.62. The Morgan fingerprint density at radius 3 is 2.45 bits per heavy atom. The van der Waals surface area contributed by atoms with Gasteiger partial charge in [-0.15, -0.1) is 0 Å². The lowest BCUT2D eigenvalue weighted by Crippen LogP contribution is -2.23. The highest BCUT2D eigenvalue weighted by molar-refractivity contribution is 5.50. The number of hydrogen-bond acceptors (Lipinski definition) is 1. The molecule has 0 bridgehead atoms. The van der Waals surface area contributed by atoms with E-state index in [0.29, 0.717) is 11.3 Å². The van der Waals surface area contributed by atoms with E-state index in [2.05, 4.69) is 20.8 Å². The fourth-order valence-electron chi connectivity index (χ4n) is 2.14. The largest absolute Gasteiger partial charge is 0.303 e. The van der Waals surface area contributed by atoms with Gasteiger partial charge < -0.3 is 4.79 Å². The Kier molecular flexibility index (Phi) is 2.36. The van der Waals surface area contributed by atoms with Gasteiger partial charge >= 0.3 is 0 Å². The molecule has 0 spiro atoms. The van der Waals surface area contributed by atoms with Crippen molar-refractivity contribution in [1.82, 2.24) is 0 Å². The SMILES string of the molecule is C[C@@H]1CC[C@@H](CC=O)C1(C)C. The molecule has 2 atom stereocenters. The van der Waals surface area contributed by atoms with Crippen molar-refractivity contribution in [2.45, 2.75) is 40.0 Å². The lowest BCUT2D eigenvalue weighted by atomic mass is 9.75. The predicted octanol–water partition coefficient (Wildman–Crippen LogP) is 2.65. The maximum absolute atomic E-state index is 10.4. The van der Waals surface area contributed by atoms with Gasteiger partial charge in [-0.2, -0.15) is 0 Å². The fourth-order valence-corrected chi connectivity index (χ4v) is 2.14. The normalized spacial score (nSPS) is 35.5. The molecule has 0 saturated heterocycles. The molecule has 0 aromatic carbocycles. The Bertz CT molecular complexity index is 149. The first kappa shape index (κ1) is 8.76. The van der Waals surface area contributed by atoms with Crippen LogP contribution in [0.3, 0.4) is 0 Å². The second kappa shape index (κ2) is 2.96. The van der Waals surface area contributed by atoms with Gasteiger partial charge in [0.15, 0.2) is 0 Å². The molecule has 0 N–H and O–H groups in total. The zero-order valence-corrected chi connectivity index (χ0v) is 7.76. The topological polar surface area (TPSA) is 17.1 Å². The van der Waals surface area contributed by atoms with Crippen molar-refractivity contribution in [3.8, 4) is 0 Å². The lowest BCUT2D eigenvalue weighted by molar-refractivity contribution is -0.109. The van der Waals surface area contributed by atoms with Gasteiger partial charge in [0.25, 0.3) is 0 Å². The van der Waals surface area contributed by atoms with Crippen molar-refractivity contribution in [2.24, 2.45) is 17.3 Å². The Morgan fingerprint density at radius 2 is 2.09 bits per heavy atom. The number of carbonyl (C=O) groups is 1. The molecule has 1 saturated carbocycles. The van der Waals surface area contributed by atoms with Crippen molar-refractivity contribution in [2.75, 3.05) is 0 Å². The summed E-state index contributed by atoms with van der Waals surface area (Å²) in [5.74, 6) is 1.42. The molecule has 0 amide bonds. The summed E-state index contributed by atoms with van der Waals surface area (Å²) < 4.78 is 0. The first-order valence-electron chi connectivity index (χ1n) is 4.52. The van der Waals surface area contributed by atoms with Crippen LogP contribution < -0.4 is 0 Å². The molecule has 1 rings (SSSR count). The third-order valence-corrected chi connectivity index (χ3v) is 3.65. The van der Waals surface area contributed by atoms with Gasteiger partial charge in [-0.3, -0.25) is 0 Å². The van der Waals surface area contributed by atoms with Crippen LogP contribution in [0.4, 0.5) is 0 Å². The summed E-state index contributed by atoms with van der Waals surface area (Å²) in [5.41, 5.74) is 0.390. The minimum absolute atomic E-state index is 0.390. The van der Waals surface area contributed by atoms with E-state index in [9.17, 15) is 4.79 Å². The summed E-state index contributed by atoms with van der Waals surface area (Å²) in [7, 11) is 0. The summed E-state index contributed by atoms with van der Waals surface area (Å²) in [6.07, 6.45) is 4.38. The van der Waals surface area contributed by atoms with Crippen LogP contribution in [0, 0.1) is 17.3 Å². The van der Waals surface area contributed by atoms with Gasteiger partial charge in [0, 0.05) is 6.42 Å². The summed E-state index contributed by atoms with van der Waals surface area (Å²) in [5, 5.41) is 0. The number of aldehydes is 1. The van der Waals surface area contributed by atoms with Crippen molar-refractivity contribution in [3.63, 3.8) is 0 Å². The van der Waals surface area contributed by atoms with E-state index in [1.807, 2.05) is 0 Å². The first-order chi connectivity index (χ1) is 5.09. The maximum Gasteiger partial charge on any atom is 0.120 e. The minimum Gasteiger partial charge on any atom is -0.303 e. The molecule has 1 nitrogen and oxygen atoms in total. The first-order valence-corrected chi connectivity index (χ1v) is 4.52. The molecule has 1 heteroatoms. The second-order valence-electron chi connectivity index (χ2n) is 4.40. The molecule has 0 heterocycles. The minimum atomic E-state index is 0.390. The summed E-state index contributed by atoms with van der Waals surface area (Å²) >= 11 is 0. The highest BCUT2D eigenvalue weighted by atomic mass is 16.1. The molecule has 0 unspecified atom stereocenters. The van der Waals surface area contributed by atoms with Gasteiger partial charge in [0.2, 0.25) is 0 Å². The van der Waals surface area contributed by atoms with Crippen LogP contribution in [0.2, 0.25) is 0 Å². The standard InChI is InChI=1S/C10H18O/c1-8-4-5-9(6-7-11)10(8,2)3/h7-9H,4-6H2,1-3H3/t8-,9+/m1/s1. The van der Waals surface area contributed by atoms with E-state index in [-0.39, 0.29) is 0 Å². The molecule has 0 aromatic heterocycles. The van der Waals surface area contributed by atoms with E-state index in [4.69, 9.17) is 0 Å². The van der Waals surface area contributed by atoms with Crippen LogP contribution in [-0.4, -0.2) is 6.29 Å². The third-order valence-electron chi connectivity index (χ3n) is 3.65. The molecule has 0 aromatic rings. The van der Waals surface area contributed by atoms with Crippen molar-refractivity contribution < 1.29 is 4.79 Å². The van der Waals surface area contributed by atoms with Crippen LogP contribution >= 0.6 is 0 Å². The smallest absolute Gasteiger partial charge is 0.120 e. The van der Waals surface area contributed by atoms with Crippen LogP contribution in [0.1, 0.15) is 40.0 Å². The van der Waals surface area contributed by atoms with E-state index in [0.717, 1.165) is 18.6 Å². The van der Waals surface area contributed by atoms with Gasteiger partial charge in [-0.25, -0.2) is 0 Å². The van der Waals surface area contributed by atoms with Gasteiger partial charge in [-0.1, -0.05) is 20.8 Å². The molecular weight excluding hydrogens is 136 g/mol. The van der Waals surface area contributed by atoms with Gasteiger partial charge in [0.05, 0.1) is 0 Å². The van der Waals surface area contributed by atoms with E-state index in [1.54, 1.807) is 0 Å². The number of hydrogen-bond donors (Lipinski definition) is 0. The maximum atomic E-state index is 10.4. The van der Waals surface area contributed by atoms with Crippen LogP contribution in [0.5, 0.6) is 0 Å². The second-order valence-corrected chi connectivity index (χ2v) is 4.40. The quantitative estimate of drug-likeness (QED) is 0.559. The number of carbonyl (C=O) groups excluding carboxylic acids is 1. The van der Waals surface area contributed by atoms with E-state index in [1.165, 1.54) is 12.8 Å². The van der Waals surface area contributed by atoms with E-state index < -0.39 is 0 Å². The third kappa shape index (κ3) is 1.47. The molecule has 0 aliphatic heterocycles. The van der Waals surface area contributed by atoms with Crippen molar-refractivity contribution in [1.29, 1.82) is 0 Å². The average Bonchev–Trinajstić information content (AvgIpc) is 2.16. The van der Waals surface area contributed by atoms with Gasteiger partial charge in [0.1, 0.15) is 6.29 Å². The Hall–Kier alpha value is -0.330. The highest BCUT2D eigenvalue weighted by Gasteiger charge is 2.39.